The molecule has 2 nitrogen and oxygen atoms in total. The second-order valence-corrected chi connectivity index (χ2v) is 6.81. The van der Waals surface area contributed by atoms with Crippen LogP contribution in [-0.2, 0) is 0 Å². The molecule has 1 aromatic heterocycles. The van der Waals surface area contributed by atoms with Crippen LogP contribution in [0.4, 0.5) is 5.69 Å². The maximum absolute atomic E-state index is 4.39. The third-order valence-electron chi connectivity index (χ3n) is 3.60. The van der Waals surface area contributed by atoms with Crippen LogP contribution in [0.25, 0.3) is 10.9 Å². The average molecular weight is 258 g/mol. The van der Waals surface area contributed by atoms with E-state index >= 15 is 0 Å². The maximum atomic E-state index is 4.39. The van der Waals surface area contributed by atoms with Crippen molar-refractivity contribution in [3.63, 3.8) is 0 Å². The fourth-order valence-corrected chi connectivity index (χ4v) is 3.75. The maximum Gasteiger partial charge on any atom is 0.0722 e. The molecule has 0 aliphatic carbocycles. The smallest absolute Gasteiger partial charge is 0.0722 e. The lowest BCUT2D eigenvalue weighted by atomic mass is 10.1. The molecule has 3 heteroatoms. The monoisotopic (exact) mass is 258 g/mol. The third kappa shape index (κ3) is 2.32. The molecule has 2 aromatic rings. The van der Waals surface area contributed by atoms with Crippen molar-refractivity contribution < 1.29 is 0 Å². The van der Waals surface area contributed by atoms with E-state index in [2.05, 4.69) is 53.3 Å². The number of hydrogen-bond acceptors (Lipinski definition) is 3. The minimum Gasteiger partial charge on any atom is -0.383 e. The van der Waals surface area contributed by atoms with Crippen LogP contribution >= 0.6 is 11.8 Å². The molecule has 1 N–H and O–H groups in total. The van der Waals surface area contributed by atoms with Gasteiger partial charge >= 0.3 is 0 Å². The van der Waals surface area contributed by atoms with Crippen molar-refractivity contribution in [1.29, 1.82) is 0 Å². The number of thioether (sulfide) groups is 1. The Morgan fingerprint density at radius 3 is 3.06 bits per heavy atom. The summed E-state index contributed by atoms with van der Waals surface area (Å²) in [5, 5.41) is 4.82. The van der Waals surface area contributed by atoms with Crippen LogP contribution in [0.15, 0.2) is 36.5 Å². The van der Waals surface area contributed by atoms with Gasteiger partial charge in [0.05, 0.1) is 5.52 Å². The Labute approximate surface area is 112 Å². The molecule has 1 aliphatic heterocycles. The van der Waals surface area contributed by atoms with Gasteiger partial charge in [-0.05, 0) is 37.7 Å². The van der Waals surface area contributed by atoms with Gasteiger partial charge in [-0.25, -0.2) is 0 Å². The molecule has 0 saturated carbocycles. The molecule has 1 aliphatic rings. The topological polar surface area (TPSA) is 24.9 Å². The summed E-state index contributed by atoms with van der Waals surface area (Å²) in [4.78, 5) is 4.39. The van der Waals surface area contributed by atoms with Crippen LogP contribution in [0.5, 0.6) is 0 Å². The molecular formula is C15H18N2S. The van der Waals surface area contributed by atoms with Gasteiger partial charge in [0.1, 0.15) is 0 Å². The van der Waals surface area contributed by atoms with E-state index in [1.807, 2.05) is 12.3 Å². The number of nitrogens with one attached hydrogen (secondary N) is 1. The molecule has 1 fully saturated rings. The van der Waals surface area contributed by atoms with Crippen molar-refractivity contribution in [2.45, 2.75) is 24.5 Å². The number of hydrogen-bond donors (Lipinski definition) is 1. The fraction of sp³-hybridized carbons (Fsp3) is 0.400. The van der Waals surface area contributed by atoms with Gasteiger partial charge in [-0.15, -0.1) is 0 Å². The molecule has 2 heterocycles. The molecule has 1 atom stereocenters. The summed E-state index contributed by atoms with van der Waals surface area (Å²) < 4.78 is 0.393. The zero-order valence-electron chi connectivity index (χ0n) is 10.6. The number of pyridine rings is 1. The van der Waals surface area contributed by atoms with E-state index in [9.17, 15) is 0 Å². The molecular weight excluding hydrogens is 240 g/mol. The lowest BCUT2D eigenvalue weighted by Gasteiger charge is -2.24. The molecule has 1 saturated heterocycles. The molecule has 18 heavy (non-hydrogen) atoms. The highest BCUT2D eigenvalue weighted by Crippen LogP contribution is 2.38. The van der Waals surface area contributed by atoms with Crippen LogP contribution in [0, 0.1) is 0 Å². The van der Waals surface area contributed by atoms with E-state index < -0.39 is 0 Å². The lowest BCUT2D eigenvalue weighted by molar-refractivity contribution is 0.635. The van der Waals surface area contributed by atoms with Gasteiger partial charge < -0.3 is 5.32 Å². The number of benzene rings is 1. The van der Waals surface area contributed by atoms with E-state index in [4.69, 9.17) is 0 Å². The van der Waals surface area contributed by atoms with Gasteiger partial charge in [0.25, 0.3) is 0 Å². The van der Waals surface area contributed by atoms with E-state index in [1.165, 1.54) is 29.7 Å². The second-order valence-electron chi connectivity index (χ2n) is 5.13. The molecule has 1 aromatic carbocycles. The Morgan fingerprint density at radius 1 is 1.33 bits per heavy atom. The molecule has 94 valence electrons. The molecule has 0 spiro atoms. The number of aromatic nitrogens is 1. The fourth-order valence-electron chi connectivity index (χ4n) is 2.51. The molecule has 0 bridgehead atoms. The van der Waals surface area contributed by atoms with E-state index in [-0.39, 0.29) is 0 Å². The first-order chi connectivity index (χ1) is 8.77. The van der Waals surface area contributed by atoms with Crippen molar-refractivity contribution in [1.82, 2.24) is 4.98 Å². The summed E-state index contributed by atoms with van der Waals surface area (Å²) in [6.07, 6.45) is 4.54. The summed E-state index contributed by atoms with van der Waals surface area (Å²) in [6, 6.07) is 10.4. The summed E-state index contributed by atoms with van der Waals surface area (Å²) >= 11 is 2.09. The largest absolute Gasteiger partial charge is 0.383 e. The Hall–Kier alpha value is -1.22. The summed E-state index contributed by atoms with van der Waals surface area (Å²) in [5.41, 5.74) is 2.26. The standard InChI is InChI=1S/C15H18N2S/c1-15(8-4-10-18-15)11-17-14-7-9-16-13-6-3-2-5-12(13)14/h2-3,5-7,9H,4,8,10-11H2,1H3,(H,16,17). The van der Waals surface area contributed by atoms with Crippen LogP contribution < -0.4 is 5.32 Å². The Bertz CT molecular complexity index is 542. The lowest BCUT2D eigenvalue weighted by Crippen LogP contribution is -2.27. The number of nitrogens with zero attached hydrogens (tertiary/aromatic N) is 1. The SMILES string of the molecule is CC1(CNc2ccnc3ccccc23)CCCS1. The van der Waals surface area contributed by atoms with Crippen molar-refractivity contribution >= 4 is 28.4 Å². The molecule has 0 amide bonds. The first kappa shape index (κ1) is 11.8. The van der Waals surface area contributed by atoms with Gasteiger partial charge in [0.2, 0.25) is 0 Å². The molecule has 1 unspecified atom stereocenters. The zero-order chi connectivity index (χ0) is 12.4. The summed E-state index contributed by atoms with van der Waals surface area (Å²) in [5.74, 6) is 1.30. The first-order valence-corrected chi connectivity index (χ1v) is 7.47. The molecule has 0 radical (unpaired) electrons. The highest BCUT2D eigenvalue weighted by atomic mass is 32.2. The van der Waals surface area contributed by atoms with Crippen molar-refractivity contribution in [3.05, 3.63) is 36.5 Å². The second kappa shape index (κ2) is 4.81. The van der Waals surface area contributed by atoms with Gasteiger partial charge in [-0.2, -0.15) is 11.8 Å². The number of anilines is 1. The van der Waals surface area contributed by atoms with Crippen molar-refractivity contribution in [2.75, 3.05) is 17.6 Å². The highest BCUT2D eigenvalue weighted by Gasteiger charge is 2.29. The average Bonchev–Trinajstić information content (AvgIpc) is 2.84. The van der Waals surface area contributed by atoms with Gasteiger partial charge in [0, 0.05) is 28.6 Å². The van der Waals surface area contributed by atoms with Crippen molar-refractivity contribution in [2.24, 2.45) is 0 Å². The van der Waals surface area contributed by atoms with Gasteiger partial charge in [0.15, 0.2) is 0 Å². The van der Waals surface area contributed by atoms with E-state index in [0.29, 0.717) is 4.75 Å². The Morgan fingerprint density at radius 2 is 2.22 bits per heavy atom. The number of para-hydroxylation sites is 1. The van der Waals surface area contributed by atoms with Crippen LogP contribution in [0.3, 0.4) is 0 Å². The first-order valence-electron chi connectivity index (χ1n) is 6.48. The number of fused-ring (bicyclic) bond motifs is 1. The van der Waals surface area contributed by atoms with Crippen molar-refractivity contribution in [3.8, 4) is 0 Å². The van der Waals surface area contributed by atoms with Gasteiger partial charge in [-0.1, -0.05) is 18.2 Å². The Balaban J connectivity index is 1.82. The minimum atomic E-state index is 0.393. The predicted octanol–water partition coefficient (Wildman–Crippen LogP) is 3.93. The van der Waals surface area contributed by atoms with E-state index in [0.717, 1.165) is 12.1 Å². The third-order valence-corrected chi connectivity index (χ3v) is 5.14. The molecule has 3 rings (SSSR count). The summed E-state index contributed by atoms with van der Waals surface area (Å²) in [7, 11) is 0. The predicted molar refractivity (Wildman–Crippen MR) is 80.3 cm³/mol. The normalized spacial score (nSPS) is 23.4. The highest BCUT2D eigenvalue weighted by molar-refractivity contribution is 8.00. The number of rotatable bonds is 3. The minimum absolute atomic E-state index is 0.393. The quantitative estimate of drug-likeness (QED) is 0.903. The van der Waals surface area contributed by atoms with E-state index in [1.54, 1.807) is 0 Å². The van der Waals surface area contributed by atoms with Crippen LogP contribution in [-0.4, -0.2) is 22.0 Å². The van der Waals surface area contributed by atoms with Crippen LogP contribution in [0.1, 0.15) is 19.8 Å². The zero-order valence-corrected chi connectivity index (χ0v) is 11.5. The Kier molecular flexibility index (Phi) is 3.16. The van der Waals surface area contributed by atoms with Gasteiger partial charge in [-0.3, -0.25) is 4.98 Å². The van der Waals surface area contributed by atoms with Crippen LogP contribution in [0.2, 0.25) is 0 Å². The summed E-state index contributed by atoms with van der Waals surface area (Å²) in [6.45, 7) is 3.40.